The number of hydrogen-bond donors (Lipinski definition) is 3. The molecule has 4 rings (SSSR count). The standard InChI is InChI=1S/C26H21Cl2N3O6S/c1-3-37-16-8-9-19(27)22(12-16)29-26(33)18-11-15-6-4-5-7-17(15)24(25(18)32)31-30-21-13-20(28)23(10-14(21)2)38(34,35)36/h4-13,32H,3H2,1-2H3,(H,29,33)(H,34,35,36). The lowest BCUT2D eigenvalue weighted by Crippen LogP contribution is -2.12. The summed E-state index contributed by atoms with van der Waals surface area (Å²) in [5.74, 6) is -0.559. The molecule has 9 nitrogen and oxygen atoms in total. The number of nitrogens with one attached hydrogen (secondary N) is 1. The normalized spacial score (nSPS) is 11.7. The maximum absolute atomic E-state index is 13.2. The molecule has 0 aliphatic rings. The van der Waals surface area contributed by atoms with Crippen molar-refractivity contribution in [2.45, 2.75) is 18.7 Å². The zero-order valence-electron chi connectivity index (χ0n) is 20.1. The quantitative estimate of drug-likeness (QED) is 0.155. The monoisotopic (exact) mass is 573 g/mol. The number of azo groups is 1. The number of rotatable bonds is 7. The van der Waals surface area contributed by atoms with Gasteiger partial charge < -0.3 is 15.2 Å². The van der Waals surface area contributed by atoms with E-state index in [0.717, 1.165) is 6.07 Å². The van der Waals surface area contributed by atoms with Gasteiger partial charge in [-0.15, -0.1) is 5.11 Å². The molecule has 4 aromatic rings. The average molecular weight is 574 g/mol. The number of carbonyl (C=O) groups is 1. The van der Waals surface area contributed by atoms with E-state index in [0.29, 0.717) is 34.4 Å². The second kappa shape index (κ2) is 11.0. The highest BCUT2D eigenvalue weighted by molar-refractivity contribution is 7.86. The molecule has 0 heterocycles. The molecule has 0 aliphatic carbocycles. The topological polar surface area (TPSA) is 138 Å². The number of phenolic OH excluding ortho intramolecular Hbond substituents is 1. The molecule has 12 heteroatoms. The maximum Gasteiger partial charge on any atom is 0.296 e. The van der Waals surface area contributed by atoms with Gasteiger partial charge in [0.25, 0.3) is 16.0 Å². The molecule has 38 heavy (non-hydrogen) atoms. The van der Waals surface area contributed by atoms with Crippen LogP contribution in [0.4, 0.5) is 17.1 Å². The van der Waals surface area contributed by atoms with E-state index < -0.39 is 26.7 Å². The lowest BCUT2D eigenvalue weighted by molar-refractivity contribution is 0.102. The van der Waals surface area contributed by atoms with Crippen LogP contribution in [-0.2, 0) is 10.1 Å². The Hall–Kier alpha value is -3.70. The number of anilines is 1. The van der Waals surface area contributed by atoms with Crippen molar-refractivity contribution in [1.29, 1.82) is 0 Å². The molecule has 0 bridgehead atoms. The molecule has 1 amide bonds. The second-order valence-electron chi connectivity index (χ2n) is 8.12. The fourth-order valence-corrected chi connectivity index (χ4v) is 4.94. The summed E-state index contributed by atoms with van der Waals surface area (Å²) in [5, 5.41) is 23.2. The van der Waals surface area contributed by atoms with Crippen molar-refractivity contribution in [3.63, 3.8) is 0 Å². The number of phenols is 1. The van der Waals surface area contributed by atoms with Crippen LogP contribution in [0.5, 0.6) is 11.5 Å². The Labute approximate surface area is 228 Å². The van der Waals surface area contributed by atoms with Gasteiger partial charge in [-0.2, -0.15) is 13.5 Å². The maximum atomic E-state index is 13.2. The Morgan fingerprint density at radius 3 is 2.47 bits per heavy atom. The number of benzene rings is 4. The molecule has 4 aromatic carbocycles. The first-order valence-corrected chi connectivity index (χ1v) is 13.4. The van der Waals surface area contributed by atoms with Gasteiger partial charge in [0.05, 0.1) is 33.6 Å². The van der Waals surface area contributed by atoms with Crippen LogP contribution < -0.4 is 10.1 Å². The van der Waals surface area contributed by atoms with E-state index in [1.54, 1.807) is 49.4 Å². The summed E-state index contributed by atoms with van der Waals surface area (Å²) in [7, 11) is -4.53. The fourth-order valence-electron chi connectivity index (χ4n) is 3.69. The van der Waals surface area contributed by atoms with Crippen molar-refractivity contribution in [1.82, 2.24) is 0 Å². The number of halogens is 2. The summed E-state index contributed by atoms with van der Waals surface area (Å²) in [6, 6.07) is 15.7. The molecule has 0 unspecified atom stereocenters. The third kappa shape index (κ3) is 5.73. The summed E-state index contributed by atoms with van der Waals surface area (Å²) in [4.78, 5) is 12.8. The first-order chi connectivity index (χ1) is 18.0. The molecule has 0 aliphatic heterocycles. The third-order valence-electron chi connectivity index (χ3n) is 5.52. The first kappa shape index (κ1) is 27.3. The lowest BCUT2D eigenvalue weighted by atomic mass is 10.0. The van der Waals surface area contributed by atoms with E-state index in [9.17, 15) is 22.9 Å². The Morgan fingerprint density at radius 2 is 1.76 bits per heavy atom. The van der Waals surface area contributed by atoms with Gasteiger partial charge in [0, 0.05) is 11.5 Å². The summed E-state index contributed by atoms with van der Waals surface area (Å²) < 4.78 is 37.9. The number of nitrogens with zero attached hydrogens (tertiary/aromatic N) is 2. The van der Waals surface area contributed by atoms with Crippen molar-refractivity contribution in [2.24, 2.45) is 10.2 Å². The smallest absolute Gasteiger partial charge is 0.296 e. The molecule has 0 atom stereocenters. The number of fused-ring (bicyclic) bond motifs is 1. The minimum Gasteiger partial charge on any atom is -0.505 e. The Balaban J connectivity index is 1.77. The van der Waals surface area contributed by atoms with Crippen molar-refractivity contribution in [2.75, 3.05) is 11.9 Å². The minimum atomic E-state index is -4.53. The van der Waals surface area contributed by atoms with Crippen LogP contribution >= 0.6 is 23.2 Å². The van der Waals surface area contributed by atoms with Crippen molar-refractivity contribution < 1.29 is 27.6 Å². The number of carbonyl (C=O) groups excluding carboxylic acids is 1. The molecule has 196 valence electrons. The summed E-state index contributed by atoms with van der Waals surface area (Å²) in [5.41, 5.74) is 0.777. The van der Waals surface area contributed by atoms with E-state index in [1.807, 2.05) is 6.92 Å². The Morgan fingerprint density at radius 1 is 1.03 bits per heavy atom. The van der Waals surface area contributed by atoms with Crippen LogP contribution in [0.25, 0.3) is 10.8 Å². The summed E-state index contributed by atoms with van der Waals surface area (Å²) >= 11 is 12.3. The van der Waals surface area contributed by atoms with Gasteiger partial charge in [-0.3, -0.25) is 9.35 Å². The molecule has 0 spiro atoms. The predicted molar refractivity (Wildman–Crippen MR) is 146 cm³/mol. The van der Waals surface area contributed by atoms with Gasteiger partial charge in [-0.1, -0.05) is 47.5 Å². The van der Waals surface area contributed by atoms with Gasteiger partial charge in [0.2, 0.25) is 0 Å². The minimum absolute atomic E-state index is 0.0109. The largest absolute Gasteiger partial charge is 0.505 e. The predicted octanol–water partition coefficient (Wildman–Crippen LogP) is 7.47. The van der Waals surface area contributed by atoms with E-state index in [2.05, 4.69) is 15.5 Å². The highest BCUT2D eigenvalue weighted by atomic mass is 35.5. The average Bonchev–Trinajstić information content (AvgIpc) is 2.86. The van der Waals surface area contributed by atoms with Crippen LogP contribution in [0.2, 0.25) is 10.0 Å². The Bertz CT molecular complexity index is 1710. The van der Waals surface area contributed by atoms with Crippen molar-refractivity contribution >= 4 is 67.1 Å². The van der Waals surface area contributed by atoms with Crippen molar-refractivity contribution in [3.05, 3.63) is 81.8 Å². The lowest BCUT2D eigenvalue weighted by Gasteiger charge is -2.13. The van der Waals surface area contributed by atoms with Crippen LogP contribution in [0.3, 0.4) is 0 Å². The van der Waals surface area contributed by atoms with Gasteiger partial charge in [0.1, 0.15) is 16.3 Å². The first-order valence-electron chi connectivity index (χ1n) is 11.2. The second-order valence-corrected chi connectivity index (χ2v) is 10.3. The molecular formula is C26H21Cl2N3O6S. The molecule has 0 saturated carbocycles. The number of amides is 1. The molecule has 0 radical (unpaired) electrons. The van der Waals surface area contributed by atoms with Crippen LogP contribution in [0.1, 0.15) is 22.8 Å². The fraction of sp³-hybridized carbons (Fsp3) is 0.115. The van der Waals surface area contributed by atoms with Gasteiger partial charge >= 0.3 is 0 Å². The van der Waals surface area contributed by atoms with E-state index >= 15 is 0 Å². The van der Waals surface area contributed by atoms with E-state index in [-0.39, 0.29) is 27.0 Å². The van der Waals surface area contributed by atoms with Gasteiger partial charge in [0.15, 0.2) is 5.75 Å². The van der Waals surface area contributed by atoms with E-state index in [4.69, 9.17) is 27.9 Å². The van der Waals surface area contributed by atoms with Crippen LogP contribution in [-0.4, -0.2) is 30.6 Å². The van der Waals surface area contributed by atoms with Crippen molar-refractivity contribution in [3.8, 4) is 11.5 Å². The highest BCUT2D eigenvalue weighted by Gasteiger charge is 2.20. The number of aromatic hydroxyl groups is 1. The van der Waals surface area contributed by atoms with Crippen LogP contribution in [0, 0.1) is 6.92 Å². The molecule has 3 N–H and O–H groups in total. The van der Waals surface area contributed by atoms with E-state index in [1.165, 1.54) is 12.1 Å². The number of aryl methyl sites for hydroxylation is 1. The van der Waals surface area contributed by atoms with Gasteiger partial charge in [-0.25, -0.2) is 0 Å². The zero-order chi connectivity index (χ0) is 27.6. The molecule has 0 aromatic heterocycles. The SMILES string of the molecule is CCOc1ccc(Cl)c(NC(=O)c2cc3ccccc3c(N=Nc3cc(Cl)c(S(=O)(=O)O)cc3C)c2O)c1. The molecule has 0 saturated heterocycles. The third-order valence-corrected chi connectivity index (χ3v) is 7.17. The summed E-state index contributed by atoms with van der Waals surface area (Å²) in [6.45, 7) is 3.81. The zero-order valence-corrected chi connectivity index (χ0v) is 22.4. The molecular weight excluding hydrogens is 553 g/mol. The van der Waals surface area contributed by atoms with Crippen LogP contribution in [0.15, 0.2) is 75.8 Å². The Kier molecular flexibility index (Phi) is 7.89. The number of hydrogen-bond acceptors (Lipinski definition) is 7. The summed E-state index contributed by atoms with van der Waals surface area (Å²) in [6.07, 6.45) is 0. The number of ether oxygens (including phenoxy) is 1. The molecule has 0 fully saturated rings. The highest BCUT2D eigenvalue weighted by Crippen LogP contribution is 2.41. The van der Waals surface area contributed by atoms with Gasteiger partial charge in [-0.05, 0) is 55.1 Å².